The third kappa shape index (κ3) is 2.66. The molecule has 1 heterocycles. The van der Waals surface area contributed by atoms with Crippen molar-refractivity contribution in [3.63, 3.8) is 0 Å². The number of hydrogen-bond donors (Lipinski definition) is 0. The van der Waals surface area contributed by atoms with Crippen molar-refractivity contribution in [1.82, 2.24) is 0 Å². The zero-order chi connectivity index (χ0) is 11.4. The minimum absolute atomic E-state index is 0.0951. The minimum Gasteiger partial charge on any atom is -0.488 e. The van der Waals surface area contributed by atoms with E-state index in [1.807, 2.05) is 6.07 Å². The molecule has 1 saturated heterocycles. The van der Waals surface area contributed by atoms with Crippen LogP contribution in [0.5, 0.6) is 5.75 Å². The van der Waals surface area contributed by atoms with Gasteiger partial charge in [-0.2, -0.15) is 5.26 Å². The first-order valence-corrected chi connectivity index (χ1v) is 5.61. The highest BCUT2D eigenvalue weighted by Crippen LogP contribution is 2.24. The van der Waals surface area contributed by atoms with Crippen LogP contribution in [0.15, 0.2) is 18.2 Å². The van der Waals surface area contributed by atoms with Crippen LogP contribution in [0.4, 0.5) is 0 Å². The molecule has 4 heteroatoms. The van der Waals surface area contributed by atoms with Gasteiger partial charge in [-0.25, -0.2) is 0 Å². The van der Waals surface area contributed by atoms with Crippen LogP contribution >= 0.6 is 11.6 Å². The summed E-state index contributed by atoms with van der Waals surface area (Å²) in [6.07, 6.45) is 2.12. The maximum atomic E-state index is 8.74. The Balaban J connectivity index is 2.04. The summed E-state index contributed by atoms with van der Waals surface area (Å²) in [5.74, 6) is 0.694. The first-order chi connectivity index (χ1) is 7.79. The summed E-state index contributed by atoms with van der Waals surface area (Å²) in [7, 11) is 0. The molecule has 0 N–H and O–H groups in total. The molecule has 0 aliphatic carbocycles. The smallest absolute Gasteiger partial charge is 0.122 e. The number of ether oxygens (including phenoxy) is 2. The quantitative estimate of drug-likeness (QED) is 0.794. The topological polar surface area (TPSA) is 42.2 Å². The Hall–Kier alpha value is -1.24. The number of halogens is 1. The predicted octanol–water partition coefficient (Wildman–Crippen LogP) is 2.77. The second-order valence-electron chi connectivity index (χ2n) is 3.71. The molecule has 0 spiro atoms. The first kappa shape index (κ1) is 11.3. The molecule has 1 fully saturated rings. The van der Waals surface area contributed by atoms with E-state index in [4.69, 9.17) is 26.3 Å². The van der Waals surface area contributed by atoms with Gasteiger partial charge in [-0.3, -0.25) is 0 Å². The lowest BCUT2D eigenvalue weighted by Gasteiger charge is -2.23. The van der Waals surface area contributed by atoms with Gasteiger partial charge in [0.15, 0.2) is 0 Å². The van der Waals surface area contributed by atoms with Crippen molar-refractivity contribution in [3.05, 3.63) is 28.8 Å². The van der Waals surface area contributed by atoms with E-state index < -0.39 is 0 Å². The molecule has 0 saturated carbocycles. The van der Waals surface area contributed by atoms with E-state index in [9.17, 15) is 0 Å². The Labute approximate surface area is 99.5 Å². The summed E-state index contributed by atoms with van der Waals surface area (Å²) >= 11 is 5.91. The fraction of sp³-hybridized carbons (Fsp3) is 0.417. The number of nitrogens with zero attached hydrogens (tertiary/aromatic N) is 1. The average molecular weight is 238 g/mol. The standard InChI is InChI=1S/C12H12ClNO2/c13-12-6-10(4-3-9(12)7-14)16-11-2-1-5-15-8-11/h3-4,6,11H,1-2,5,8H2. The Morgan fingerprint density at radius 3 is 3.00 bits per heavy atom. The molecule has 1 aromatic carbocycles. The summed E-state index contributed by atoms with van der Waals surface area (Å²) in [5.41, 5.74) is 0.467. The molecule has 0 radical (unpaired) electrons. The zero-order valence-corrected chi connectivity index (χ0v) is 9.54. The molecule has 1 aliphatic heterocycles. The van der Waals surface area contributed by atoms with Crippen molar-refractivity contribution in [2.24, 2.45) is 0 Å². The van der Waals surface area contributed by atoms with Gasteiger partial charge in [-0.05, 0) is 25.0 Å². The summed E-state index contributed by atoms with van der Waals surface area (Å²) in [4.78, 5) is 0. The molecular weight excluding hydrogens is 226 g/mol. The monoisotopic (exact) mass is 237 g/mol. The van der Waals surface area contributed by atoms with Crippen molar-refractivity contribution in [2.45, 2.75) is 18.9 Å². The van der Waals surface area contributed by atoms with Crippen molar-refractivity contribution in [1.29, 1.82) is 5.26 Å². The van der Waals surface area contributed by atoms with Crippen molar-refractivity contribution in [2.75, 3.05) is 13.2 Å². The third-order valence-electron chi connectivity index (χ3n) is 2.48. The van der Waals surface area contributed by atoms with E-state index in [0.29, 0.717) is 22.9 Å². The highest BCUT2D eigenvalue weighted by molar-refractivity contribution is 6.31. The van der Waals surface area contributed by atoms with Gasteiger partial charge in [0.25, 0.3) is 0 Å². The molecule has 1 unspecified atom stereocenters. The SMILES string of the molecule is N#Cc1ccc(OC2CCCOC2)cc1Cl. The molecule has 0 amide bonds. The Morgan fingerprint density at radius 2 is 2.38 bits per heavy atom. The second kappa shape index (κ2) is 5.20. The molecule has 2 rings (SSSR count). The number of nitriles is 1. The first-order valence-electron chi connectivity index (χ1n) is 5.23. The summed E-state index contributed by atoms with van der Waals surface area (Å²) in [6, 6.07) is 7.12. The predicted molar refractivity (Wildman–Crippen MR) is 60.6 cm³/mol. The molecule has 1 aromatic rings. The molecular formula is C12H12ClNO2. The van der Waals surface area contributed by atoms with Gasteiger partial charge >= 0.3 is 0 Å². The molecule has 16 heavy (non-hydrogen) atoms. The lowest BCUT2D eigenvalue weighted by Crippen LogP contribution is -2.27. The number of benzene rings is 1. The lowest BCUT2D eigenvalue weighted by atomic mass is 10.1. The van der Waals surface area contributed by atoms with Gasteiger partial charge in [-0.15, -0.1) is 0 Å². The van der Waals surface area contributed by atoms with E-state index >= 15 is 0 Å². The second-order valence-corrected chi connectivity index (χ2v) is 4.12. The van der Waals surface area contributed by atoms with Crippen LogP contribution in [0.3, 0.4) is 0 Å². The lowest BCUT2D eigenvalue weighted by molar-refractivity contribution is 0.00743. The van der Waals surface area contributed by atoms with Crippen LogP contribution in [0, 0.1) is 11.3 Å². The van der Waals surface area contributed by atoms with E-state index in [1.165, 1.54) is 0 Å². The summed E-state index contributed by atoms with van der Waals surface area (Å²) < 4.78 is 11.0. The van der Waals surface area contributed by atoms with Crippen LogP contribution in [0.25, 0.3) is 0 Å². The average Bonchev–Trinajstić information content (AvgIpc) is 2.31. The van der Waals surface area contributed by atoms with E-state index in [-0.39, 0.29) is 6.10 Å². The zero-order valence-electron chi connectivity index (χ0n) is 8.78. The van der Waals surface area contributed by atoms with Crippen LogP contribution in [0.1, 0.15) is 18.4 Å². The van der Waals surface area contributed by atoms with Crippen LogP contribution < -0.4 is 4.74 Å². The van der Waals surface area contributed by atoms with Crippen molar-refractivity contribution < 1.29 is 9.47 Å². The Bertz CT molecular complexity index is 408. The number of hydrogen-bond acceptors (Lipinski definition) is 3. The van der Waals surface area contributed by atoms with E-state index in [0.717, 1.165) is 19.4 Å². The minimum atomic E-state index is 0.0951. The highest BCUT2D eigenvalue weighted by Gasteiger charge is 2.15. The third-order valence-corrected chi connectivity index (χ3v) is 2.79. The van der Waals surface area contributed by atoms with Gasteiger partial charge in [0.05, 0.1) is 17.2 Å². The van der Waals surface area contributed by atoms with E-state index in [1.54, 1.807) is 18.2 Å². The van der Waals surface area contributed by atoms with Gasteiger partial charge in [0.2, 0.25) is 0 Å². The molecule has 1 atom stereocenters. The van der Waals surface area contributed by atoms with Crippen molar-refractivity contribution in [3.8, 4) is 11.8 Å². The summed E-state index contributed by atoms with van der Waals surface area (Å²) in [5, 5.41) is 9.16. The number of rotatable bonds is 2. The maximum Gasteiger partial charge on any atom is 0.122 e. The normalized spacial score (nSPS) is 20.1. The Morgan fingerprint density at radius 1 is 1.50 bits per heavy atom. The molecule has 0 aromatic heterocycles. The van der Waals surface area contributed by atoms with Crippen LogP contribution in [-0.4, -0.2) is 19.3 Å². The Kier molecular flexibility index (Phi) is 3.66. The molecule has 1 aliphatic rings. The van der Waals surface area contributed by atoms with Gasteiger partial charge < -0.3 is 9.47 Å². The van der Waals surface area contributed by atoms with Crippen LogP contribution in [0.2, 0.25) is 5.02 Å². The van der Waals surface area contributed by atoms with Crippen molar-refractivity contribution >= 4 is 11.6 Å². The maximum absolute atomic E-state index is 8.74. The largest absolute Gasteiger partial charge is 0.488 e. The van der Waals surface area contributed by atoms with Gasteiger partial charge in [0.1, 0.15) is 17.9 Å². The summed E-state index contributed by atoms with van der Waals surface area (Å²) in [6.45, 7) is 1.44. The highest BCUT2D eigenvalue weighted by atomic mass is 35.5. The molecule has 0 bridgehead atoms. The molecule has 84 valence electrons. The fourth-order valence-electron chi connectivity index (χ4n) is 1.66. The van der Waals surface area contributed by atoms with Crippen LogP contribution in [-0.2, 0) is 4.74 Å². The van der Waals surface area contributed by atoms with E-state index in [2.05, 4.69) is 0 Å². The fourth-order valence-corrected chi connectivity index (χ4v) is 1.87. The van der Waals surface area contributed by atoms with Gasteiger partial charge in [0, 0.05) is 12.7 Å². The van der Waals surface area contributed by atoms with Gasteiger partial charge in [-0.1, -0.05) is 11.6 Å². The molecule has 3 nitrogen and oxygen atoms in total.